The van der Waals surface area contributed by atoms with E-state index in [-0.39, 0.29) is 18.2 Å². The number of carbonyl (C=O) groups is 1. The molecule has 26 heavy (non-hydrogen) atoms. The second-order valence-corrected chi connectivity index (χ2v) is 6.84. The van der Waals surface area contributed by atoms with E-state index >= 15 is 0 Å². The molecule has 3 aromatic rings. The molecular formula is C19H21N5O2. The second-order valence-electron chi connectivity index (χ2n) is 6.84. The number of amides is 1. The number of aryl methyl sites for hydroxylation is 1. The van der Waals surface area contributed by atoms with E-state index in [0.29, 0.717) is 19.5 Å². The van der Waals surface area contributed by atoms with Crippen molar-refractivity contribution in [3.63, 3.8) is 0 Å². The Balaban J connectivity index is 1.44. The lowest BCUT2D eigenvalue weighted by Crippen LogP contribution is -2.31. The topological polar surface area (TPSA) is 83.6 Å². The Kier molecular flexibility index (Phi) is 4.38. The Morgan fingerprint density at radius 2 is 2.15 bits per heavy atom. The van der Waals surface area contributed by atoms with Crippen LogP contribution in [0.2, 0.25) is 0 Å². The summed E-state index contributed by atoms with van der Waals surface area (Å²) < 4.78 is 1.96. The predicted octanol–water partition coefficient (Wildman–Crippen LogP) is 1.04. The number of fused-ring (bicyclic) bond motifs is 1. The number of pyridine rings is 1. The quantitative estimate of drug-likeness (QED) is 0.759. The van der Waals surface area contributed by atoms with Crippen LogP contribution in [0, 0.1) is 12.8 Å². The lowest BCUT2D eigenvalue weighted by atomic mass is 10.0. The summed E-state index contributed by atoms with van der Waals surface area (Å²) in [6.45, 7) is 2.90. The van der Waals surface area contributed by atoms with Gasteiger partial charge < -0.3 is 14.4 Å². The van der Waals surface area contributed by atoms with Gasteiger partial charge in [0.1, 0.15) is 5.65 Å². The number of rotatable bonds is 4. The van der Waals surface area contributed by atoms with Gasteiger partial charge in [0.05, 0.1) is 23.9 Å². The summed E-state index contributed by atoms with van der Waals surface area (Å²) in [6, 6.07) is 3.95. The minimum atomic E-state index is -0.537. The highest BCUT2D eigenvalue weighted by Gasteiger charge is 2.34. The van der Waals surface area contributed by atoms with E-state index in [1.54, 1.807) is 29.7 Å². The monoisotopic (exact) mass is 351 g/mol. The maximum Gasteiger partial charge on any atom is 0.228 e. The number of β-amino-alcohol motifs (C(OH)–C–C–N with tert-alkyl or cyclic N) is 1. The predicted molar refractivity (Wildman–Crippen MR) is 95.4 cm³/mol. The molecule has 1 aliphatic heterocycles. The molecule has 7 nitrogen and oxygen atoms in total. The van der Waals surface area contributed by atoms with Gasteiger partial charge in [0.25, 0.3) is 0 Å². The van der Waals surface area contributed by atoms with Gasteiger partial charge in [-0.15, -0.1) is 0 Å². The number of aromatic nitrogens is 4. The van der Waals surface area contributed by atoms with Crippen molar-refractivity contribution in [3.8, 4) is 0 Å². The fraction of sp³-hybridized carbons (Fsp3) is 0.368. The summed E-state index contributed by atoms with van der Waals surface area (Å²) in [5.41, 5.74) is 3.65. The molecule has 0 spiro atoms. The molecule has 0 bridgehead atoms. The van der Waals surface area contributed by atoms with Gasteiger partial charge >= 0.3 is 0 Å². The standard InChI is InChI=1S/C19H21N5O2/c1-13-3-2-6-24-16(10-22-19(13)24)8-18(26)23-11-14(17(25)12-23)7-15-9-20-4-5-21-15/h2-6,9-10,14,17,25H,7-8,11-12H2,1H3/t14-,17-/m1/s1. The number of hydrogen-bond donors (Lipinski definition) is 1. The zero-order chi connectivity index (χ0) is 18.1. The molecule has 4 rings (SSSR count). The molecule has 1 aliphatic rings. The molecule has 0 unspecified atom stereocenters. The molecular weight excluding hydrogens is 330 g/mol. The van der Waals surface area contributed by atoms with Crippen LogP contribution in [0.3, 0.4) is 0 Å². The van der Waals surface area contributed by atoms with E-state index in [1.165, 1.54) is 0 Å². The minimum Gasteiger partial charge on any atom is -0.391 e. The third kappa shape index (κ3) is 3.17. The van der Waals surface area contributed by atoms with Crippen LogP contribution in [-0.4, -0.2) is 54.5 Å². The summed E-state index contributed by atoms with van der Waals surface area (Å²) in [5.74, 6) is -0.00548. The lowest BCUT2D eigenvalue weighted by Gasteiger charge is -2.16. The summed E-state index contributed by atoms with van der Waals surface area (Å²) >= 11 is 0. The van der Waals surface area contributed by atoms with E-state index in [4.69, 9.17) is 0 Å². The number of carbonyl (C=O) groups excluding carboxylic acids is 1. The van der Waals surface area contributed by atoms with Crippen LogP contribution in [0.1, 0.15) is 17.0 Å². The maximum atomic E-state index is 12.7. The van der Waals surface area contributed by atoms with Gasteiger partial charge in [-0.05, 0) is 25.0 Å². The highest BCUT2D eigenvalue weighted by atomic mass is 16.3. The van der Waals surface area contributed by atoms with Crippen LogP contribution in [0.15, 0.2) is 43.1 Å². The van der Waals surface area contributed by atoms with Crippen molar-refractivity contribution in [3.05, 3.63) is 60.1 Å². The summed E-state index contributed by atoms with van der Waals surface area (Å²) in [4.78, 5) is 27.2. The average molecular weight is 351 g/mol. The molecule has 7 heteroatoms. The first-order valence-electron chi connectivity index (χ1n) is 8.74. The van der Waals surface area contributed by atoms with Gasteiger partial charge in [-0.1, -0.05) is 6.07 Å². The zero-order valence-electron chi connectivity index (χ0n) is 14.6. The average Bonchev–Trinajstić information content (AvgIpc) is 3.21. The van der Waals surface area contributed by atoms with Gasteiger partial charge in [-0.25, -0.2) is 4.98 Å². The second kappa shape index (κ2) is 6.84. The van der Waals surface area contributed by atoms with Gasteiger partial charge in [-0.2, -0.15) is 0 Å². The molecule has 0 radical (unpaired) electrons. The Hall–Kier alpha value is -2.80. The molecule has 0 aliphatic carbocycles. The minimum absolute atomic E-state index is 0.00834. The van der Waals surface area contributed by atoms with Crippen LogP contribution in [-0.2, 0) is 17.6 Å². The van der Waals surface area contributed by atoms with E-state index < -0.39 is 6.10 Å². The molecule has 2 atom stereocenters. The third-order valence-corrected chi connectivity index (χ3v) is 4.99. The van der Waals surface area contributed by atoms with Crippen molar-refractivity contribution in [2.45, 2.75) is 25.9 Å². The Morgan fingerprint density at radius 3 is 2.96 bits per heavy atom. The molecule has 1 saturated heterocycles. The number of aliphatic hydroxyl groups excluding tert-OH is 1. The molecule has 0 aromatic carbocycles. The fourth-order valence-corrected chi connectivity index (χ4v) is 3.56. The van der Waals surface area contributed by atoms with E-state index in [1.807, 2.05) is 29.7 Å². The first-order chi connectivity index (χ1) is 12.6. The molecule has 0 saturated carbocycles. The van der Waals surface area contributed by atoms with Crippen LogP contribution in [0.25, 0.3) is 5.65 Å². The van der Waals surface area contributed by atoms with Crippen LogP contribution in [0.5, 0.6) is 0 Å². The van der Waals surface area contributed by atoms with Gasteiger partial charge in [0, 0.05) is 50.0 Å². The highest BCUT2D eigenvalue weighted by Crippen LogP contribution is 2.22. The van der Waals surface area contributed by atoms with Crippen molar-refractivity contribution in [1.82, 2.24) is 24.3 Å². The number of aliphatic hydroxyl groups is 1. The molecule has 1 amide bonds. The summed E-state index contributed by atoms with van der Waals surface area (Å²) in [5, 5.41) is 10.3. The molecule has 1 fully saturated rings. The van der Waals surface area contributed by atoms with Crippen molar-refractivity contribution in [1.29, 1.82) is 0 Å². The molecule has 134 valence electrons. The maximum absolute atomic E-state index is 12.7. The number of imidazole rings is 1. The van der Waals surface area contributed by atoms with Crippen molar-refractivity contribution in [2.24, 2.45) is 5.92 Å². The molecule has 3 aromatic heterocycles. The number of likely N-dealkylation sites (tertiary alicyclic amines) is 1. The number of nitrogens with zero attached hydrogens (tertiary/aromatic N) is 5. The largest absolute Gasteiger partial charge is 0.391 e. The van der Waals surface area contributed by atoms with Crippen molar-refractivity contribution < 1.29 is 9.90 Å². The third-order valence-electron chi connectivity index (χ3n) is 4.99. The smallest absolute Gasteiger partial charge is 0.228 e. The SMILES string of the molecule is Cc1cccn2c(CC(=O)N3C[C@@H](Cc4cnccn4)[C@H](O)C3)cnc12. The lowest BCUT2D eigenvalue weighted by molar-refractivity contribution is -0.129. The van der Waals surface area contributed by atoms with E-state index in [2.05, 4.69) is 15.0 Å². The summed E-state index contributed by atoms with van der Waals surface area (Å²) in [6.07, 6.45) is 9.01. The molecule has 1 N–H and O–H groups in total. The van der Waals surface area contributed by atoms with Crippen LogP contribution < -0.4 is 0 Å². The van der Waals surface area contributed by atoms with E-state index in [9.17, 15) is 9.90 Å². The van der Waals surface area contributed by atoms with Gasteiger partial charge in [0.2, 0.25) is 5.91 Å². The highest BCUT2D eigenvalue weighted by molar-refractivity contribution is 5.79. The first-order valence-corrected chi connectivity index (χ1v) is 8.74. The normalized spacial score (nSPS) is 20.0. The number of hydrogen-bond acceptors (Lipinski definition) is 5. The van der Waals surface area contributed by atoms with Crippen LogP contribution in [0.4, 0.5) is 0 Å². The van der Waals surface area contributed by atoms with Crippen molar-refractivity contribution >= 4 is 11.6 Å². The Labute approximate surface area is 151 Å². The van der Waals surface area contributed by atoms with E-state index in [0.717, 1.165) is 22.6 Å². The van der Waals surface area contributed by atoms with Crippen LogP contribution >= 0.6 is 0 Å². The fourth-order valence-electron chi connectivity index (χ4n) is 3.56. The zero-order valence-corrected chi connectivity index (χ0v) is 14.6. The Bertz CT molecular complexity index is 924. The first kappa shape index (κ1) is 16.7. The van der Waals surface area contributed by atoms with Gasteiger partial charge in [-0.3, -0.25) is 14.8 Å². The Morgan fingerprint density at radius 1 is 1.27 bits per heavy atom. The molecule has 4 heterocycles. The van der Waals surface area contributed by atoms with Gasteiger partial charge in [0.15, 0.2) is 0 Å². The van der Waals surface area contributed by atoms with Crippen molar-refractivity contribution in [2.75, 3.05) is 13.1 Å². The summed E-state index contributed by atoms with van der Waals surface area (Å²) in [7, 11) is 0.